The normalized spacial score (nSPS) is 10.4. The summed E-state index contributed by atoms with van der Waals surface area (Å²) in [6, 6.07) is 5.89. The Labute approximate surface area is 214 Å². The standard InChI is InChI=1S/C28H27FO8/c1-14(2)25(30)34-19-9-18(10-20(11-19)35-26(31)15(3)4)24-22(29)12-21(36-27(32)16(5)6)13-23(24)37-28(33)17(7)8/h9-13,15H,1,5,7H2,2-4,6,8H3. The summed E-state index contributed by atoms with van der Waals surface area (Å²) in [5, 5.41) is 0. The molecule has 0 atom stereocenters. The highest BCUT2D eigenvalue weighted by Crippen LogP contribution is 2.40. The van der Waals surface area contributed by atoms with Gasteiger partial charge in [-0.1, -0.05) is 33.6 Å². The van der Waals surface area contributed by atoms with Crippen molar-refractivity contribution in [2.45, 2.75) is 34.6 Å². The number of hydrogen-bond acceptors (Lipinski definition) is 8. The first kappa shape index (κ1) is 28.7. The van der Waals surface area contributed by atoms with Gasteiger partial charge in [0, 0.05) is 34.9 Å². The molecule has 0 heterocycles. The van der Waals surface area contributed by atoms with Gasteiger partial charge >= 0.3 is 23.9 Å². The Morgan fingerprint density at radius 3 is 1.57 bits per heavy atom. The summed E-state index contributed by atoms with van der Waals surface area (Å²) in [5.74, 6) is -5.24. The number of carbonyl (C=O) groups excluding carboxylic acids is 4. The van der Waals surface area contributed by atoms with Crippen molar-refractivity contribution in [2.75, 3.05) is 0 Å². The van der Waals surface area contributed by atoms with E-state index in [0.29, 0.717) is 0 Å². The molecule has 0 aliphatic heterocycles. The van der Waals surface area contributed by atoms with Gasteiger partial charge in [0.05, 0.1) is 11.5 Å². The van der Waals surface area contributed by atoms with Gasteiger partial charge in [0.25, 0.3) is 0 Å². The fourth-order valence-corrected chi connectivity index (χ4v) is 2.62. The Hall–Kier alpha value is -4.53. The van der Waals surface area contributed by atoms with Gasteiger partial charge in [0.15, 0.2) is 0 Å². The molecule has 0 N–H and O–H groups in total. The third-order valence-electron chi connectivity index (χ3n) is 4.56. The van der Waals surface area contributed by atoms with E-state index in [4.69, 9.17) is 18.9 Å². The molecular weight excluding hydrogens is 483 g/mol. The van der Waals surface area contributed by atoms with E-state index in [-0.39, 0.29) is 50.8 Å². The van der Waals surface area contributed by atoms with Gasteiger partial charge in [-0.3, -0.25) is 4.79 Å². The lowest BCUT2D eigenvalue weighted by molar-refractivity contribution is -0.137. The predicted molar refractivity (Wildman–Crippen MR) is 134 cm³/mol. The molecule has 0 aromatic heterocycles. The van der Waals surface area contributed by atoms with Crippen LogP contribution in [-0.4, -0.2) is 23.9 Å². The molecule has 37 heavy (non-hydrogen) atoms. The summed E-state index contributed by atoms with van der Waals surface area (Å²) >= 11 is 0. The molecule has 0 aliphatic carbocycles. The van der Waals surface area contributed by atoms with Crippen molar-refractivity contribution in [1.82, 2.24) is 0 Å². The van der Waals surface area contributed by atoms with Crippen LogP contribution in [0.5, 0.6) is 23.0 Å². The van der Waals surface area contributed by atoms with Gasteiger partial charge < -0.3 is 18.9 Å². The van der Waals surface area contributed by atoms with Crippen LogP contribution < -0.4 is 18.9 Å². The van der Waals surface area contributed by atoms with Crippen molar-refractivity contribution in [3.05, 3.63) is 72.6 Å². The van der Waals surface area contributed by atoms with Crippen LogP contribution in [-0.2, 0) is 19.2 Å². The second-order valence-corrected chi connectivity index (χ2v) is 8.56. The molecule has 0 bridgehead atoms. The predicted octanol–water partition coefficient (Wildman–Crippen LogP) is 5.50. The molecule has 0 fully saturated rings. The van der Waals surface area contributed by atoms with Crippen LogP contribution in [0.2, 0.25) is 0 Å². The van der Waals surface area contributed by atoms with Crippen molar-refractivity contribution >= 4 is 23.9 Å². The molecule has 2 aromatic carbocycles. The SMILES string of the molecule is C=C(C)C(=O)Oc1cc(OC(=O)C(C)C)cc(-c2c(F)cc(OC(=O)C(=C)C)cc2OC(=O)C(=C)C)c1. The fourth-order valence-electron chi connectivity index (χ4n) is 2.62. The smallest absolute Gasteiger partial charge is 0.338 e. The van der Waals surface area contributed by atoms with Crippen molar-refractivity contribution in [1.29, 1.82) is 0 Å². The number of carbonyl (C=O) groups is 4. The third kappa shape index (κ3) is 7.73. The Balaban J connectivity index is 2.75. The summed E-state index contributed by atoms with van der Waals surface area (Å²) in [5.41, 5.74) is -0.0600. The highest BCUT2D eigenvalue weighted by Gasteiger charge is 2.22. The fraction of sp³-hybridized carbons (Fsp3) is 0.214. The van der Waals surface area contributed by atoms with Gasteiger partial charge in [0.1, 0.15) is 28.8 Å². The maximum atomic E-state index is 15.5. The maximum absolute atomic E-state index is 15.5. The second kappa shape index (κ2) is 11.9. The molecule has 194 valence electrons. The van der Waals surface area contributed by atoms with Crippen LogP contribution >= 0.6 is 0 Å². The van der Waals surface area contributed by atoms with Crippen molar-refractivity contribution in [3.8, 4) is 34.1 Å². The largest absolute Gasteiger partial charge is 0.426 e. The van der Waals surface area contributed by atoms with E-state index in [1.54, 1.807) is 13.8 Å². The minimum Gasteiger partial charge on any atom is -0.426 e. The molecule has 0 saturated heterocycles. The average Bonchev–Trinajstić information content (AvgIpc) is 2.78. The Morgan fingerprint density at radius 2 is 1.11 bits per heavy atom. The summed E-state index contributed by atoms with van der Waals surface area (Å²) in [6.07, 6.45) is 0. The first-order chi connectivity index (χ1) is 17.2. The molecule has 2 rings (SSSR count). The molecular formula is C28H27FO8. The Kier molecular flexibility index (Phi) is 9.26. The van der Waals surface area contributed by atoms with Crippen LogP contribution in [0.4, 0.5) is 4.39 Å². The van der Waals surface area contributed by atoms with Gasteiger partial charge in [-0.05, 0) is 38.5 Å². The molecule has 0 aliphatic rings. The van der Waals surface area contributed by atoms with Crippen LogP contribution in [0.3, 0.4) is 0 Å². The quantitative estimate of drug-likeness (QED) is 0.247. The molecule has 0 radical (unpaired) electrons. The lowest BCUT2D eigenvalue weighted by Gasteiger charge is -2.16. The minimum absolute atomic E-state index is 0.0198. The molecule has 8 nitrogen and oxygen atoms in total. The number of benzene rings is 2. The van der Waals surface area contributed by atoms with Crippen LogP contribution in [0.15, 0.2) is 66.8 Å². The third-order valence-corrected chi connectivity index (χ3v) is 4.56. The second-order valence-electron chi connectivity index (χ2n) is 8.56. The highest BCUT2D eigenvalue weighted by atomic mass is 19.1. The molecule has 0 saturated carbocycles. The van der Waals surface area contributed by atoms with E-state index in [2.05, 4.69) is 19.7 Å². The Morgan fingerprint density at radius 1 is 0.676 bits per heavy atom. The Bertz CT molecular complexity index is 1320. The van der Waals surface area contributed by atoms with E-state index in [0.717, 1.165) is 12.1 Å². The summed E-state index contributed by atoms with van der Waals surface area (Å²) in [6.45, 7) is 18.0. The van der Waals surface area contributed by atoms with E-state index in [1.807, 2.05) is 0 Å². The lowest BCUT2D eigenvalue weighted by Crippen LogP contribution is -2.15. The first-order valence-corrected chi connectivity index (χ1v) is 11.0. The zero-order valence-electron chi connectivity index (χ0n) is 21.2. The van der Waals surface area contributed by atoms with Crippen molar-refractivity contribution in [2.24, 2.45) is 5.92 Å². The number of hydrogen-bond donors (Lipinski definition) is 0. The average molecular weight is 511 g/mol. The van der Waals surface area contributed by atoms with Crippen LogP contribution in [0.1, 0.15) is 34.6 Å². The molecule has 0 unspecified atom stereocenters. The van der Waals surface area contributed by atoms with Crippen LogP contribution in [0.25, 0.3) is 11.1 Å². The zero-order valence-corrected chi connectivity index (χ0v) is 21.2. The molecule has 9 heteroatoms. The molecule has 0 amide bonds. The minimum atomic E-state index is -0.957. The number of rotatable bonds is 9. The number of ether oxygens (including phenoxy) is 4. The summed E-state index contributed by atoms with van der Waals surface area (Å²) in [4.78, 5) is 48.6. The number of esters is 4. The zero-order chi connectivity index (χ0) is 28.0. The first-order valence-electron chi connectivity index (χ1n) is 11.0. The van der Waals surface area contributed by atoms with E-state index in [9.17, 15) is 19.2 Å². The van der Waals surface area contributed by atoms with Crippen molar-refractivity contribution < 1.29 is 42.5 Å². The topological polar surface area (TPSA) is 105 Å². The van der Waals surface area contributed by atoms with E-state index >= 15 is 4.39 Å². The maximum Gasteiger partial charge on any atom is 0.338 e. The monoisotopic (exact) mass is 510 g/mol. The van der Waals surface area contributed by atoms with Gasteiger partial charge in [-0.25, -0.2) is 18.8 Å². The number of halogens is 1. The highest BCUT2D eigenvalue weighted by molar-refractivity contribution is 5.92. The van der Waals surface area contributed by atoms with Gasteiger partial charge in [0.2, 0.25) is 0 Å². The lowest BCUT2D eigenvalue weighted by atomic mass is 10.0. The molecule has 0 spiro atoms. The van der Waals surface area contributed by atoms with Gasteiger partial charge in [-0.15, -0.1) is 0 Å². The van der Waals surface area contributed by atoms with Crippen LogP contribution in [0, 0.1) is 11.7 Å². The van der Waals surface area contributed by atoms with Crippen molar-refractivity contribution in [3.63, 3.8) is 0 Å². The van der Waals surface area contributed by atoms with E-state index in [1.165, 1.54) is 39.0 Å². The molecule has 2 aromatic rings. The van der Waals surface area contributed by atoms with E-state index < -0.39 is 35.6 Å². The van der Waals surface area contributed by atoms with Gasteiger partial charge in [-0.2, -0.15) is 0 Å². The summed E-state index contributed by atoms with van der Waals surface area (Å²) < 4.78 is 36.5. The summed E-state index contributed by atoms with van der Waals surface area (Å²) in [7, 11) is 0.